The van der Waals surface area contributed by atoms with Crippen molar-refractivity contribution in [3.8, 4) is 0 Å². The van der Waals surface area contributed by atoms with Crippen LogP contribution in [0.25, 0.3) is 0 Å². The molecule has 0 atom stereocenters. The summed E-state index contributed by atoms with van der Waals surface area (Å²) in [7, 11) is 0. The summed E-state index contributed by atoms with van der Waals surface area (Å²) in [6, 6.07) is 106. The first kappa shape index (κ1) is 38.3. The summed E-state index contributed by atoms with van der Waals surface area (Å²) in [5.74, 6) is -9.70. The van der Waals surface area contributed by atoms with Crippen LogP contribution in [-0.4, -0.2) is 0 Å². The molecular weight excluding hydrogens is 800 g/mol. The molecule has 0 fully saturated rings. The van der Waals surface area contributed by atoms with E-state index in [1.165, 1.54) is 47.7 Å². The minimum absolute atomic E-state index is 1.13. The van der Waals surface area contributed by atoms with E-state index in [0.29, 0.717) is 0 Å². The Morgan fingerprint density at radius 3 is 0.362 bits per heavy atom. The van der Waals surface area contributed by atoms with Crippen molar-refractivity contribution in [3.63, 3.8) is 0 Å². The van der Waals surface area contributed by atoms with Crippen LogP contribution in [0.2, 0.25) is 0 Å². The summed E-state index contributed by atoms with van der Waals surface area (Å²) in [6.45, 7) is 0. The van der Waals surface area contributed by atoms with Crippen molar-refractivity contribution in [1.29, 1.82) is 0 Å². The fourth-order valence-electron chi connectivity index (χ4n) is 8.87. The van der Waals surface area contributed by atoms with Gasteiger partial charge >= 0.3 is 351 Å². The topological polar surface area (TPSA) is 0 Å². The van der Waals surface area contributed by atoms with Crippen molar-refractivity contribution >= 4 is 65.7 Å². The van der Waals surface area contributed by atoms with Crippen molar-refractivity contribution in [1.82, 2.24) is 0 Å². The van der Waals surface area contributed by atoms with Crippen LogP contribution in [-0.2, 0) is 12.3 Å². The van der Waals surface area contributed by atoms with Crippen LogP contribution < -0.4 is 47.7 Å². The summed E-state index contributed by atoms with van der Waals surface area (Å²) >= 11 is -1.13. The molecule has 58 heavy (non-hydrogen) atoms. The molecular formula is C54H48CoP3. The van der Waals surface area contributed by atoms with Crippen LogP contribution in [0.1, 0.15) is 0 Å². The summed E-state index contributed by atoms with van der Waals surface area (Å²) in [5.41, 5.74) is 0. The molecule has 9 aromatic rings. The Morgan fingerprint density at radius 2 is 0.259 bits per heavy atom. The van der Waals surface area contributed by atoms with E-state index in [4.69, 9.17) is 0 Å². The maximum absolute atomic E-state index is 3.23. The van der Waals surface area contributed by atoms with Crippen LogP contribution in [0.15, 0.2) is 273 Å². The van der Waals surface area contributed by atoms with Gasteiger partial charge in [0.05, 0.1) is 0 Å². The Kier molecular flexibility index (Phi) is 11.4. The minimum atomic E-state index is -3.23. The van der Waals surface area contributed by atoms with Gasteiger partial charge in [-0.1, -0.05) is 0 Å². The number of benzene rings is 9. The van der Waals surface area contributed by atoms with E-state index in [9.17, 15) is 0 Å². The normalized spacial score (nSPS) is 12.9. The van der Waals surface area contributed by atoms with Crippen LogP contribution in [0, 0.1) is 0 Å². The molecule has 0 heterocycles. The van der Waals surface area contributed by atoms with Gasteiger partial charge < -0.3 is 0 Å². The summed E-state index contributed by atoms with van der Waals surface area (Å²) in [4.78, 5) is 0. The second-order valence-electron chi connectivity index (χ2n) is 14.4. The Balaban J connectivity index is 1.68. The van der Waals surface area contributed by atoms with Gasteiger partial charge in [-0.15, -0.1) is 0 Å². The molecule has 0 saturated heterocycles. The van der Waals surface area contributed by atoms with Crippen LogP contribution in [0.5, 0.6) is 0 Å². The molecule has 0 amide bonds. The average Bonchev–Trinajstić information content (AvgIpc) is 3.33. The first-order valence-corrected chi connectivity index (χ1v) is 30.1. The Morgan fingerprint density at radius 1 is 0.155 bits per heavy atom. The average molecular weight is 849 g/mol. The van der Waals surface area contributed by atoms with Crippen LogP contribution in [0.3, 0.4) is 0 Å². The molecule has 9 aromatic carbocycles. The van der Waals surface area contributed by atoms with Gasteiger partial charge in [-0.2, -0.15) is 0 Å². The molecule has 0 aliphatic heterocycles. The van der Waals surface area contributed by atoms with Crippen molar-refractivity contribution in [2.24, 2.45) is 0 Å². The van der Waals surface area contributed by atoms with Gasteiger partial charge in [0.1, 0.15) is 0 Å². The summed E-state index contributed by atoms with van der Waals surface area (Å²) < 4.78 is 0. The second kappa shape index (κ2) is 17.3. The maximum atomic E-state index is 2.49. The van der Waals surface area contributed by atoms with Gasteiger partial charge in [0.2, 0.25) is 0 Å². The quantitative estimate of drug-likeness (QED) is 0.108. The van der Waals surface area contributed by atoms with Crippen LogP contribution >= 0.6 is 18.0 Å². The van der Waals surface area contributed by atoms with Gasteiger partial charge in [-0.3, -0.25) is 0 Å². The molecule has 0 aromatic heterocycles. The molecule has 0 saturated carbocycles. The summed E-state index contributed by atoms with van der Waals surface area (Å²) in [6.07, 6.45) is 0. The predicted octanol–water partition coefficient (Wildman–Crippen LogP) is 9.53. The second-order valence-corrected chi connectivity index (χ2v) is 39.4. The fraction of sp³-hybridized carbons (Fsp3) is 0. The van der Waals surface area contributed by atoms with E-state index in [0.717, 1.165) is 0 Å². The third-order valence-corrected chi connectivity index (χ3v) is 56.3. The monoisotopic (exact) mass is 848 g/mol. The molecule has 0 aliphatic carbocycles. The zero-order valence-corrected chi connectivity index (χ0v) is 36.4. The van der Waals surface area contributed by atoms with Gasteiger partial charge in [0.25, 0.3) is 0 Å². The zero-order chi connectivity index (χ0) is 39.1. The standard InChI is InChI=1S/3C18H15P.Co/c3*1-4-10-16(11-5-1)19(17-12-6-2-7-13-17)18-14-8-3-9-15-18;/h3*1-15H;/q;;;-3/p+3. The fourth-order valence-corrected chi connectivity index (χ4v) is 73.9. The summed E-state index contributed by atoms with van der Waals surface area (Å²) in [5, 5.41) is 13.1. The van der Waals surface area contributed by atoms with E-state index < -0.39 is 30.3 Å². The van der Waals surface area contributed by atoms with Crippen molar-refractivity contribution < 1.29 is 12.3 Å². The molecule has 9 rings (SSSR count). The van der Waals surface area contributed by atoms with E-state index in [2.05, 4.69) is 273 Å². The molecule has 0 radical (unpaired) electrons. The molecule has 0 unspecified atom stereocenters. The van der Waals surface area contributed by atoms with Gasteiger partial charge in [-0.05, 0) is 0 Å². The third kappa shape index (κ3) is 6.53. The number of rotatable bonds is 12. The molecule has 0 nitrogen and oxygen atoms in total. The molecule has 0 aliphatic rings. The molecule has 288 valence electrons. The van der Waals surface area contributed by atoms with Crippen molar-refractivity contribution in [2.75, 3.05) is 0 Å². The van der Waals surface area contributed by atoms with E-state index in [1.54, 1.807) is 0 Å². The number of hydrogen-bond donors (Lipinski definition) is 0. The van der Waals surface area contributed by atoms with Crippen LogP contribution in [0.4, 0.5) is 0 Å². The Hall–Kier alpha value is -5.22. The Labute approximate surface area is 349 Å². The SMILES string of the molecule is c1ccc([PH](c2ccccc2)(c2ccccc2)[Co]([PH](c2ccccc2)(c2ccccc2)c2ccccc2)[PH](c2ccccc2)(c2ccccc2)c2ccccc2)cc1. The van der Waals surface area contributed by atoms with Gasteiger partial charge in [0.15, 0.2) is 0 Å². The number of hydrogen-bond acceptors (Lipinski definition) is 0. The van der Waals surface area contributed by atoms with E-state index in [-0.39, 0.29) is 0 Å². The van der Waals surface area contributed by atoms with Crippen molar-refractivity contribution in [3.05, 3.63) is 273 Å². The van der Waals surface area contributed by atoms with Crippen molar-refractivity contribution in [2.45, 2.75) is 0 Å². The van der Waals surface area contributed by atoms with E-state index >= 15 is 0 Å². The third-order valence-electron chi connectivity index (χ3n) is 11.2. The molecule has 0 N–H and O–H groups in total. The zero-order valence-electron chi connectivity index (χ0n) is 32.3. The predicted molar refractivity (Wildman–Crippen MR) is 260 cm³/mol. The van der Waals surface area contributed by atoms with Gasteiger partial charge in [0, 0.05) is 0 Å². The first-order valence-electron chi connectivity index (χ1n) is 19.9. The van der Waals surface area contributed by atoms with Gasteiger partial charge in [-0.25, -0.2) is 0 Å². The molecule has 0 bridgehead atoms. The first-order chi connectivity index (χ1) is 28.8. The van der Waals surface area contributed by atoms with E-state index in [1.807, 2.05) is 0 Å². The molecule has 4 heteroatoms. The Bertz CT molecular complexity index is 2040. The molecule has 0 spiro atoms.